The van der Waals surface area contributed by atoms with E-state index in [-0.39, 0.29) is 41.8 Å². The number of ether oxygens (including phenoxy) is 6. The normalized spacial score (nSPS) is 11.0. The SMILES string of the molecule is CCOc1c(OC)cc2c(c1OC)c(-c1ccc(OC)cc1OCC(=O)O)c(OC(=O)O)n2Cc1ccc2nsnc2c1. The second-order valence-electron chi connectivity index (χ2n) is 9.03. The van der Waals surface area contributed by atoms with Gasteiger partial charge < -0.3 is 43.2 Å². The molecule has 224 valence electrons. The summed E-state index contributed by atoms with van der Waals surface area (Å²) in [5.41, 5.74) is 3.28. The molecular weight excluding hydrogens is 582 g/mol. The zero-order valence-electron chi connectivity index (χ0n) is 23.6. The molecule has 13 nitrogen and oxygen atoms in total. The highest BCUT2D eigenvalue weighted by molar-refractivity contribution is 7.00. The molecule has 2 heterocycles. The van der Waals surface area contributed by atoms with E-state index in [0.29, 0.717) is 33.5 Å². The van der Waals surface area contributed by atoms with Gasteiger partial charge in [0.2, 0.25) is 11.6 Å². The number of aliphatic carboxylic acids is 1. The fraction of sp³-hybridized carbons (Fsp3) is 0.241. The molecule has 0 saturated heterocycles. The van der Waals surface area contributed by atoms with Crippen LogP contribution in [0.5, 0.6) is 34.6 Å². The van der Waals surface area contributed by atoms with Gasteiger partial charge in [-0.3, -0.25) is 0 Å². The standard InChI is InChI=1S/C29H27N3O10S/c1-5-40-26-22(38-3)12-20-25(27(26)39-4)24(17-8-7-16(37-2)11-21(17)41-14-23(33)34)28(42-29(35)36)32(20)13-15-6-9-18-19(10-15)31-43-30-18/h6-12H,5,13-14H2,1-4H3,(H,33,34)(H,35,36). The van der Waals surface area contributed by atoms with E-state index >= 15 is 0 Å². The molecule has 0 atom stereocenters. The number of hydrogen-bond acceptors (Lipinski definition) is 11. The Labute approximate surface area is 249 Å². The molecule has 0 radical (unpaired) electrons. The van der Waals surface area contributed by atoms with Crippen molar-refractivity contribution in [3.05, 3.63) is 48.0 Å². The average Bonchev–Trinajstić information content (AvgIpc) is 3.57. The lowest BCUT2D eigenvalue weighted by molar-refractivity contribution is -0.139. The van der Waals surface area contributed by atoms with Crippen LogP contribution in [0.1, 0.15) is 12.5 Å². The van der Waals surface area contributed by atoms with Crippen molar-refractivity contribution in [1.29, 1.82) is 0 Å². The molecule has 0 spiro atoms. The first-order valence-electron chi connectivity index (χ1n) is 12.9. The number of fused-ring (bicyclic) bond motifs is 2. The fourth-order valence-electron chi connectivity index (χ4n) is 4.84. The summed E-state index contributed by atoms with van der Waals surface area (Å²) in [6, 6.07) is 12.0. The molecule has 0 aliphatic rings. The van der Waals surface area contributed by atoms with Gasteiger partial charge in [-0.1, -0.05) is 6.07 Å². The lowest BCUT2D eigenvalue weighted by Crippen LogP contribution is -2.11. The van der Waals surface area contributed by atoms with E-state index in [1.165, 1.54) is 27.4 Å². The van der Waals surface area contributed by atoms with Crippen LogP contribution in [-0.4, -0.2) is 70.2 Å². The van der Waals surface area contributed by atoms with Crippen molar-refractivity contribution in [1.82, 2.24) is 13.3 Å². The van der Waals surface area contributed by atoms with Gasteiger partial charge >= 0.3 is 12.1 Å². The Kier molecular flexibility index (Phi) is 8.39. The Morgan fingerprint density at radius 3 is 2.35 bits per heavy atom. The minimum atomic E-state index is -1.57. The van der Waals surface area contributed by atoms with Gasteiger partial charge in [-0.25, -0.2) is 9.59 Å². The number of carboxylic acids is 1. The zero-order valence-corrected chi connectivity index (χ0v) is 24.4. The average molecular weight is 610 g/mol. The second kappa shape index (κ2) is 12.3. The molecule has 0 bridgehead atoms. The maximum Gasteiger partial charge on any atom is 0.512 e. The molecule has 14 heteroatoms. The molecule has 0 aliphatic heterocycles. The number of carbonyl (C=O) groups is 2. The van der Waals surface area contributed by atoms with Gasteiger partial charge in [0, 0.05) is 17.7 Å². The highest BCUT2D eigenvalue weighted by Gasteiger charge is 2.31. The van der Waals surface area contributed by atoms with Crippen molar-refractivity contribution >= 4 is 45.8 Å². The molecule has 0 unspecified atom stereocenters. The summed E-state index contributed by atoms with van der Waals surface area (Å²) >= 11 is 1.09. The maximum absolute atomic E-state index is 12.2. The minimum absolute atomic E-state index is 0.0710. The molecule has 3 aromatic carbocycles. The molecule has 0 fully saturated rings. The third-order valence-corrected chi connectivity index (χ3v) is 7.10. The molecular formula is C29H27N3O10S. The van der Waals surface area contributed by atoms with E-state index in [0.717, 1.165) is 22.8 Å². The van der Waals surface area contributed by atoms with Crippen LogP contribution in [0.15, 0.2) is 42.5 Å². The van der Waals surface area contributed by atoms with Crippen LogP contribution < -0.4 is 28.4 Å². The first-order chi connectivity index (χ1) is 20.8. The lowest BCUT2D eigenvalue weighted by Gasteiger charge is -2.16. The van der Waals surface area contributed by atoms with Crippen LogP contribution in [0.2, 0.25) is 0 Å². The van der Waals surface area contributed by atoms with Crippen LogP contribution >= 0.6 is 11.7 Å². The van der Waals surface area contributed by atoms with E-state index in [4.69, 9.17) is 28.4 Å². The summed E-state index contributed by atoms with van der Waals surface area (Å²) in [6.45, 7) is 1.57. The van der Waals surface area contributed by atoms with Crippen molar-refractivity contribution in [2.24, 2.45) is 0 Å². The number of methoxy groups -OCH3 is 3. The Bertz CT molecular complexity index is 1830. The molecule has 0 amide bonds. The van der Waals surface area contributed by atoms with E-state index in [2.05, 4.69) is 8.75 Å². The number of nitrogens with zero attached hydrogens (tertiary/aromatic N) is 3. The van der Waals surface area contributed by atoms with Crippen molar-refractivity contribution in [2.75, 3.05) is 34.5 Å². The van der Waals surface area contributed by atoms with Crippen molar-refractivity contribution < 1.29 is 48.2 Å². The largest absolute Gasteiger partial charge is 0.512 e. The quantitative estimate of drug-likeness (QED) is 0.176. The fourth-order valence-corrected chi connectivity index (χ4v) is 5.35. The van der Waals surface area contributed by atoms with E-state index in [9.17, 15) is 19.8 Å². The third-order valence-electron chi connectivity index (χ3n) is 6.55. The minimum Gasteiger partial charge on any atom is -0.497 e. The first-order valence-corrected chi connectivity index (χ1v) is 13.6. The van der Waals surface area contributed by atoms with Gasteiger partial charge in [0.1, 0.15) is 22.5 Å². The first kappa shape index (κ1) is 29.3. The summed E-state index contributed by atoms with van der Waals surface area (Å²) < 4.78 is 44.2. The smallest absolute Gasteiger partial charge is 0.497 e. The van der Waals surface area contributed by atoms with Crippen LogP contribution in [0.25, 0.3) is 33.1 Å². The van der Waals surface area contributed by atoms with E-state index < -0.39 is 18.7 Å². The molecule has 5 aromatic rings. The van der Waals surface area contributed by atoms with E-state index in [1.807, 2.05) is 18.2 Å². The van der Waals surface area contributed by atoms with Crippen molar-refractivity contribution in [3.63, 3.8) is 0 Å². The second-order valence-corrected chi connectivity index (χ2v) is 9.56. The monoisotopic (exact) mass is 609 g/mol. The van der Waals surface area contributed by atoms with E-state index in [1.54, 1.807) is 29.7 Å². The van der Waals surface area contributed by atoms with Crippen molar-refractivity contribution in [2.45, 2.75) is 13.5 Å². The van der Waals surface area contributed by atoms with Gasteiger partial charge in [0.15, 0.2) is 18.1 Å². The van der Waals surface area contributed by atoms with Crippen molar-refractivity contribution in [3.8, 4) is 45.8 Å². The summed E-state index contributed by atoms with van der Waals surface area (Å²) in [5.74, 6) is 0.111. The zero-order chi connectivity index (χ0) is 30.7. The highest BCUT2D eigenvalue weighted by Crippen LogP contribution is 2.53. The van der Waals surface area contributed by atoms with Gasteiger partial charge in [0.05, 0.1) is 62.7 Å². The molecule has 5 rings (SSSR count). The predicted octanol–water partition coefficient (Wildman–Crippen LogP) is 5.31. The Morgan fingerprint density at radius 1 is 0.884 bits per heavy atom. The maximum atomic E-state index is 12.2. The van der Waals surface area contributed by atoms with Gasteiger partial charge in [-0.15, -0.1) is 0 Å². The van der Waals surface area contributed by atoms with Gasteiger partial charge in [-0.05, 0) is 36.8 Å². The molecule has 0 aliphatic carbocycles. The summed E-state index contributed by atoms with van der Waals surface area (Å²) in [7, 11) is 4.39. The Hall–Kier alpha value is -5.24. The highest BCUT2D eigenvalue weighted by atomic mass is 32.1. The predicted molar refractivity (Wildman–Crippen MR) is 156 cm³/mol. The Balaban J connectivity index is 1.89. The number of benzene rings is 3. The van der Waals surface area contributed by atoms with Crippen LogP contribution in [0, 0.1) is 0 Å². The number of hydrogen-bond donors (Lipinski definition) is 2. The number of aromatic nitrogens is 3. The van der Waals surface area contributed by atoms with Crippen LogP contribution in [0.4, 0.5) is 4.79 Å². The summed E-state index contributed by atoms with van der Waals surface area (Å²) in [6.07, 6.45) is -1.57. The summed E-state index contributed by atoms with van der Waals surface area (Å²) in [4.78, 5) is 23.6. The summed E-state index contributed by atoms with van der Waals surface area (Å²) in [5, 5.41) is 19.7. The molecule has 2 aromatic heterocycles. The molecule has 43 heavy (non-hydrogen) atoms. The van der Waals surface area contributed by atoms with Gasteiger partial charge in [-0.2, -0.15) is 8.75 Å². The van der Waals surface area contributed by atoms with Gasteiger partial charge in [0.25, 0.3) is 0 Å². The lowest BCUT2D eigenvalue weighted by atomic mass is 10.0. The Morgan fingerprint density at radius 2 is 1.67 bits per heavy atom. The number of rotatable bonds is 12. The van der Waals surface area contributed by atoms with Crippen LogP contribution in [-0.2, 0) is 11.3 Å². The van der Waals surface area contributed by atoms with Crippen LogP contribution in [0.3, 0.4) is 0 Å². The molecule has 2 N–H and O–H groups in total. The molecule has 0 saturated carbocycles. The number of carboxylic acid groups (broad SMARTS) is 2. The third kappa shape index (κ3) is 5.64. The topological polar surface area (TPSA) is 161 Å².